The van der Waals surface area contributed by atoms with Crippen molar-refractivity contribution in [2.45, 2.75) is 25.9 Å². The van der Waals surface area contributed by atoms with Crippen molar-refractivity contribution in [3.05, 3.63) is 30.3 Å². The van der Waals surface area contributed by atoms with Crippen LogP contribution in [0.5, 0.6) is 5.75 Å². The highest BCUT2D eigenvalue weighted by Crippen LogP contribution is 2.23. The number of thioether (sulfide) groups is 1. The largest absolute Gasteiger partial charge is 0.480 e. The number of rotatable bonds is 5. The predicted octanol–water partition coefficient (Wildman–Crippen LogP) is 1.79. The quantitative estimate of drug-likeness (QED) is 0.839. The topological polar surface area (TPSA) is 95.9 Å². The van der Waals surface area contributed by atoms with Crippen molar-refractivity contribution in [3.8, 4) is 5.75 Å². The van der Waals surface area contributed by atoms with Gasteiger partial charge in [0.15, 0.2) is 0 Å². The van der Waals surface area contributed by atoms with Gasteiger partial charge in [-0.3, -0.25) is 4.79 Å². The lowest BCUT2D eigenvalue weighted by Gasteiger charge is -2.28. The highest BCUT2D eigenvalue weighted by molar-refractivity contribution is 7.99. The summed E-state index contributed by atoms with van der Waals surface area (Å²) in [5.41, 5.74) is 0. The van der Waals surface area contributed by atoms with Gasteiger partial charge in [-0.1, -0.05) is 32.0 Å². The number of carboxylic acids is 1. The van der Waals surface area contributed by atoms with Crippen LogP contribution >= 0.6 is 11.8 Å². The summed E-state index contributed by atoms with van der Waals surface area (Å²) in [7, 11) is 0. The zero-order valence-corrected chi connectivity index (χ0v) is 14.3. The molecular weight excluding hydrogens is 332 g/mol. The van der Waals surface area contributed by atoms with Gasteiger partial charge in [0.2, 0.25) is 5.91 Å². The zero-order valence-electron chi connectivity index (χ0n) is 13.5. The van der Waals surface area contributed by atoms with E-state index < -0.39 is 30.1 Å². The fraction of sp³-hybridized carbons (Fsp3) is 0.438. The molecule has 0 unspecified atom stereocenters. The smallest absolute Gasteiger partial charge is 0.413 e. The van der Waals surface area contributed by atoms with Gasteiger partial charge in [0.25, 0.3) is 0 Å². The van der Waals surface area contributed by atoms with E-state index >= 15 is 0 Å². The van der Waals surface area contributed by atoms with E-state index in [4.69, 9.17) is 4.74 Å². The molecular formula is C16H20N2O5S. The van der Waals surface area contributed by atoms with Crippen molar-refractivity contribution in [2.75, 3.05) is 11.6 Å². The third-order valence-electron chi connectivity index (χ3n) is 3.61. The SMILES string of the molecule is CC(C)[C@H](NC(=O)Oc1ccccc1)C(=O)N1CSC[C@H]1C(=O)O. The Hall–Kier alpha value is -2.22. The van der Waals surface area contributed by atoms with Crippen LogP contribution in [0.15, 0.2) is 30.3 Å². The normalized spacial score (nSPS) is 18.3. The van der Waals surface area contributed by atoms with E-state index in [1.807, 2.05) is 0 Å². The van der Waals surface area contributed by atoms with Gasteiger partial charge in [-0.2, -0.15) is 0 Å². The number of hydrogen-bond donors (Lipinski definition) is 2. The predicted molar refractivity (Wildman–Crippen MR) is 89.8 cm³/mol. The molecule has 1 aromatic carbocycles. The minimum absolute atomic E-state index is 0.208. The summed E-state index contributed by atoms with van der Waals surface area (Å²) in [6.07, 6.45) is -0.744. The average molecular weight is 352 g/mol. The summed E-state index contributed by atoms with van der Waals surface area (Å²) < 4.78 is 5.14. The summed E-state index contributed by atoms with van der Waals surface area (Å²) in [6.45, 7) is 3.56. The maximum atomic E-state index is 12.7. The van der Waals surface area contributed by atoms with Crippen LogP contribution in [0.4, 0.5) is 4.79 Å². The second-order valence-electron chi connectivity index (χ2n) is 5.73. The van der Waals surface area contributed by atoms with E-state index in [1.165, 1.54) is 16.7 Å². The number of carboxylic acid groups (broad SMARTS) is 1. The summed E-state index contributed by atoms with van der Waals surface area (Å²) in [4.78, 5) is 37.3. The number of nitrogens with one attached hydrogen (secondary N) is 1. The first-order chi connectivity index (χ1) is 11.4. The first-order valence-electron chi connectivity index (χ1n) is 7.54. The Morgan fingerprint density at radius 2 is 1.96 bits per heavy atom. The molecule has 2 amide bonds. The van der Waals surface area contributed by atoms with Crippen molar-refractivity contribution >= 4 is 29.7 Å². The molecule has 0 saturated carbocycles. The van der Waals surface area contributed by atoms with Crippen molar-refractivity contribution in [1.82, 2.24) is 10.2 Å². The lowest BCUT2D eigenvalue weighted by Crippen LogP contribution is -2.54. The van der Waals surface area contributed by atoms with Crippen LogP contribution in [0.2, 0.25) is 0 Å². The van der Waals surface area contributed by atoms with E-state index in [1.54, 1.807) is 44.2 Å². The van der Waals surface area contributed by atoms with E-state index in [0.717, 1.165) is 0 Å². The Balaban J connectivity index is 2.04. The van der Waals surface area contributed by atoms with E-state index in [-0.39, 0.29) is 5.92 Å². The molecule has 2 rings (SSSR count). The van der Waals surface area contributed by atoms with E-state index in [9.17, 15) is 19.5 Å². The first kappa shape index (κ1) is 18.1. The van der Waals surface area contributed by atoms with Crippen LogP contribution < -0.4 is 10.1 Å². The molecule has 1 saturated heterocycles. The Bertz CT molecular complexity index is 608. The van der Waals surface area contributed by atoms with Crippen LogP contribution in [0.25, 0.3) is 0 Å². The highest BCUT2D eigenvalue weighted by atomic mass is 32.2. The lowest BCUT2D eigenvalue weighted by molar-refractivity contribution is -0.148. The third kappa shape index (κ3) is 4.41. The Kier molecular flexibility index (Phi) is 6.08. The highest BCUT2D eigenvalue weighted by Gasteiger charge is 2.39. The van der Waals surface area contributed by atoms with Gasteiger partial charge in [0, 0.05) is 5.75 Å². The molecule has 1 aliphatic heterocycles. The van der Waals surface area contributed by atoms with Crippen LogP contribution in [0.1, 0.15) is 13.8 Å². The van der Waals surface area contributed by atoms with E-state index in [2.05, 4.69) is 5.32 Å². The number of ether oxygens (including phenoxy) is 1. The molecule has 8 heteroatoms. The molecule has 1 fully saturated rings. The molecule has 7 nitrogen and oxygen atoms in total. The summed E-state index contributed by atoms with van der Waals surface area (Å²) in [5, 5.41) is 11.8. The molecule has 130 valence electrons. The van der Waals surface area contributed by atoms with Crippen LogP contribution in [0, 0.1) is 5.92 Å². The monoisotopic (exact) mass is 352 g/mol. The fourth-order valence-corrected chi connectivity index (χ4v) is 3.46. The van der Waals surface area contributed by atoms with Gasteiger partial charge in [0.1, 0.15) is 17.8 Å². The molecule has 2 atom stereocenters. The average Bonchev–Trinajstić information content (AvgIpc) is 3.02. The van der Waals surface area contributed by atoms with Crippen molar-refractivity contribution in [3.63, 3.8) is 0 Å². The Morgan fingerprint density at radius 3 is 2.54 bits per heavy atom. The number of para-hydroxylation sites is 1. The van der Waals surface area contributed by atoms with Crippen LogP contribution in [0.3, 0.4) is 0 Å². The third-order valence-corrected chi connectivity index (χ3v) is 4.62. The molecule has 0 radical (unpaired) electrons. The van der Waals surface area contributed by atoms with Gasteiger partial charge in [-0.05, 0) is 18.1 Å². The molecule has 2 N–H and O–H groups in total. The van der Waals surface area contributed by atoms with Gasteiger partial charge in [-0.15, -0.1) is 11.8 Å². The van der Waals surface area contributed by atoms with E-state index in [0.29, 0.717) is 17.4 Å². The minimum atomic E-state index is -1.04. The zero-order chi connectivity index (χ0) is 17.7. The van der Waals surface area contributed by atoms with Gasteiger partial charge in [-0.25, -0.2) is 9.59 Å². The van der Waals surface area contributed by atoms with Gasteiger partial charge in [0.05, 0.1) is 5.88 Å². The number of hydrogen-bond acceptors (Lipinski definition) is 5. The molecule has 0 bridgehead atoms. The number of nitrogens with zero attached hydrogens (tertiary/aromatic N) is 1. The second-order valence-corrected chi connectivity index (χ2v) is 6.73. The molecule has 0 spiro atoms. The standard InChI is InChI=1S/C16H20N2O5S/c1-10(2)13(14(19)18-9-24-8-12(18)15(20)21)17-16(22)23-11-6-4-3-5-7-11/h3-7,10,12-13H,8-9H2,1-2H3,(H,17,22)(H,20,21)/t12-,13-/m0/s1. The first-order valence-corrected chi connectivity index (χ1v) is 8.70. The van der Waals surface area contributed by atoms with Gasteiger partial charge < -0.3 is 20.1 Å². The summed E-state index contributed by atoms with van der Waals surface area (Å²) in [6, 6.07) is 6.80. The van der Waals surface area contributed by atoms with Crippen molar-refractivity contribution in [2.24, 2.45) is 5.92 Å². The molecule has 24 heavy (non-hydrogen) atoms. The fourth-order valence-electron chi connectivity index (χ4n) is 2.31. The Morgan fingerprint density at radius 1 is 1.29 bits per heavy atom. The maximum Gasteiger partial charge on any atom is 0.413 e. The minimum Gasteiger partial charge on any atom is -0.480 e. The summed E-state index contributed by atoms with van der Waals surface area (Å²) in [5.74, 6) is -0.643. The van der Waals surface area contributed by atoms with Crippen LogP contribution in [-0.4, -0.2) is 51.7 Å². The molecule has 1 aliphatic rings. The number of amides is 2. The Labute approximate surface area is 144 Å². The molecule has 0 aromatic heterocycles. The van der Waals surface area contributed by atoms with Crippen molar-refractivity contribution in [1.29, 1.82) is 0 Å². The molecule has 1 aromatic rings. The molecule has 1 heterocycles. The summed E-state index contributed by atoms with van der Waals surface area (Å²) >= 11 is 1.38. The second kappa shape index (κ2) is 8.05. The van der Waals surface area contributed by atoms with Crippen molar-refractivity contribution < 1.29 is 24.2 Å². The number of carbonyl (C=O) groups excluding carboxylic acids is 2. The number of aliphatic carboxylic acids is 1. The number of carbonyl (C=O) groups is 3. The van der Waals surface area contributed by atoms with Crippen LogP contribution in [-0.2, 0) is 9.59 Å². The lowest BCUT2D eigenvalue weighted by atomic mass is 10.0. The van der Waals surface area contributed by atoms with Gasteiger partial charge >= 0.3 is 12.1 Å². The maximum absolute atomic E-state index is 12.7. The number of benzene rings is 1. The molecule has 0 aliphatic carbocycles.